The number of hydrogen-bond acceptors (Lipinski definition) is 3. The quantitative estimate of drug-likeness (QED) is 0.679. The first-order chi connectivity index (χ1) is 8.99. The first kappa shape index (κ1) is 12.9. The number of H-pyrrole nitrogens is 2. The maximum Gasteiger partial charge on any atom is 0.339 e. The van der Waals surface area contributed by atoms with Crippen LogP contribution in [-0.2, 0) is 0 Å². The van der Waals surface area contributed by atoms with Gasteiger partial charge in [-0.1, -0.05) is 17.7 Å². The predicted molar refractivity (Wildman–Crippen MR) is 67.8 cm³/mol. The fourth-order valence-electron chi connectivity index (χ4n) is 1.49. The molecule has 0 aliphatic carbocycles. The van der Waals surface area contributed by atoms with Crippen molar-refractivity contribution in [2.24, 2.45) is 0 Å². The number of imidazole rings is 1. The highest BCUT2D eigenvalue weighted by molar-refractivity contribution is 6.34. The van der Waals surface area contributed by atoms with Crippen LogP contribution in [0.2, 0.25) is 5.02 Å². The van der Waals surface area contributed by atoms with Gasteiger partial charge in [0.1, 0.15) is 11.3 Å². The fraction of sp³-hybridized carbons (Fsp3) is 0. The summed E-state index contributed by atoms with van der Waals surface area (Å²) in [7, 11) is 0. The Balaban J connectivity index is 2.34. The number of aromatic nitrogens is 2. The number of nitrogens with one attached hydrogen (secondary N) is 3. The van der Waals surface area contributed by atoms with Crippen LogP contribution in [0.15, 0.2) is 29.2 Å². The molecular formula is C11H8ClN3O4. The van der Waals surface area contributed by atoms with Gasteiger partial charge in [0, 0.05) is 6.20 Å². The topological polar surface area (TPSA) is 115 Å². The van der Waals surface area contributed by atoms with Crippen LogP contribution < -0.4 is 11.0 Å². The summed E-state index contributed by atoms with van der Waals surface area (Å²) in [6.07, 6.45) is 1.18. The lowest BCUT2D eigenvalue weighted by atomic mass is 10.1. The highest BCUT2D eigenvalue weighted by Gasteiger charge is 2.17. The summed E-state index contributed by atoms with van der Waals surface area (Å²) in [5, 5.41) is 11.4. The fourth-order valence-corrected chi connectivity index (χ4v) is 1.75. The van der Waals surface area contributed by atoms with Gasteiger partial charge < -0.3 is 20.4 Å². The Hall–Kier alpha value is -2.54. The molecule has 0 aliphatic rings. The molecule has 0 atom stereocenters. The molecule has 0 aliphatic heterocycles. The van der Waals surface area contributed by atoms with Gasteiger partial charge in [-0.3, -0.25) is 4.79 Å². The van der Waals surface area contributed by atoms with Gasteiger partial charge in [0.15, 0.2) is 0 Å². The molecular weight excluding hydrogens is 274 g/mol. The van der Waals surface area contributed by atoms with Gasteiger partial charge in [-0.15, -0.1) is 0 Å². The van der Waals surface area contributed by atoms with Crippen molar-refractivity contribution >= 4 is 29.2 Å². The van der Waals surface area contributed by atoms with Gasteiger partial charge in [-0.05, 0) is 12.1 Å². The van der Waals surface area contributed by atoms with Crippen LogP contribution in [0.5, 0.6) is 0 Å². The Morgan fingerprint density at radius 1 is 1.32 bits per heavy atom. The number of aromatic carboxylic acids is 1. The van der Waals surface area contributed by atoms with Crippen LogP contribution in [0.4, 0.5) is 5.69 Å². The Bertz CT molecular complexity index is 704. The molecule has 0 spiro atoms. The summed E-state index contributed by atoms with van der Waals surface area (Å²) in [4.78, 5) is 38.2. The lowest BCUT2D eigenvalue weighted by Gasteiger charge is -2.08. The molecule has 0 radical (unpaired) electrons. The minimum absolute atomic E-state index is 0.00728. The molecule has 8 heteroatoms. The minimum Gasteiger partial charge on any atom is -0.478 e. The number of carbonyl (C=O) groups is 2. The number of benzene rings is 1. The summed E-state index contributed by atoms with van der Waals surface area (Å²) >= 11 is 5.76. The Morgan fingerprint density at radius 2 is 2.05 bits per heavy atom. The largest absolute Gasteiger partial charge is 0.478 e. The van der Waals surface area contributed by atoms with Gasteiger partial charge in [-0.2, -0.15) is 0 Å². The van der Waals surface area contributed by atoms with E-state index in [2.05, 4.69) is 15.3 Å². The molecule has 0 saturated carbocycles. The monoisotopic (exact) mass is 281 g/mol. The highest BCUT2D eigenvalue weighted by Crippen LogP contribution is 2.24. The normalized spacial score (nSPS) is 10.2. The SMILES string of the molecule is O=C(Nc1cccc(Cl)c1C(=O)O)c1c[nH]c(=O)[nH]1. The van der Waals surface area contributed by atoms with Gasteiger partial charge in [0.05, 0.1) is 10.7 Å². The van der Waals surface area contributed by atoms with E-state index in [9.17, 15) is 14.4 Å². The average Bonchev–Trinajstić information content (AvgIpc) is 2.75. The molecule has 1 aromatic carbocycles. The number of hydrogen-bond donors (Lipinski definition) is 4. The molecule has 19 heavy (non-hydrogen) atoms. The predicted octanol–water partition coefficient (Wildman–Crippen LogP) is 1.31. The summed E-state index contributed by atoms with van der Waals surface area (Å²) in [5.41, 5.74) is -0.710. The van der Waals surface area contributed by atoms with Crippen molar-refractivity contribution in [2.75, 3.05) is 5.32 Å². The van der Waals surface area contributed by atoms with Crippen molar-refractivity contribution in [1.82, 2.24) is 9.97 Å². The number of anilines is 1. The zero-order valence-corrected chi connectivity index (χ0v) is 10.1. The summed E-state index contributed by atoms with van der Waals surface area (Å²) < 4.78 is 0. The molecule has 0 saturated heterocycles. The van der Waals surface area contributed by atoms with Crippen LogP contribution in [-0.4, -0.2) is 27.0 Å². The van der Waals surface area contributed by atoms with E-state index >= 15 is 0 Å². The second kappa shape index (κ2) is 4.99. The number of halogens is 1. The average molecular weight is 282 g/mol. The number of carboxylic acid groups (broad SMARTS) is 1. The van der Waals surface area contributed by atoms with E-state index in [0.717, 1.165) is 0 Å². The molecule has 0 fully saturated rings. The van der Waals surface area contributed by atoms with Crippen LogP contribution in [0, 0.1) is 0 Å². The first-order valence-corrected chi connectivity index (χ1v) is 5.47. The second-order valence-electron chi connectivity index (χ2n) is 3.58. The van der Waals surface area contributed by atoms with E-state index in [1.54, 1.807) is 0 Å². The van der Waals surface area contributed by atoms with E-state index in [0.29, 0.717) is 0 Å². The third-order valence-electron chi connectivity index (χ3n) is 2.32. The number of rotatable bonds is 3. The summed E-state index contributed by atoms with van der Waals surface area (Å²) in [6, 6.07) is 4.31. The molecule has 2 aromatic rings. The Morgan fingerprint density at radius 3 is 2.63 bits per heavy atom. The zero-order valence-electron chi connectivity index (χ0n) is 9.36. The van der Waals surface area contributed by atoms with Crippen molar-refractivity contribution in [3.8, 4) is 0 Å². The minimum atomic E-state index is -1.26. The third-order valence-corrected chi connectivity index (χ3v) is 2.63. The lowest BCUT2D eigenvalue weighted by molar-refractivity contribution is 0.0698. The van der Waals surface area contributed by atoms with Gasteiger partial charge in [0.2, 0.25) is 0 Å². The van der Waals surface area contributed by atoms with Crippen LogP contribution >= 0.6 is 11.6 Å². The maximum atomic E-state index is 11.8. The first-order valence-electron chi connectivity index (χ1n) is 5.10. The van der Waals surface area contributed by atoms with Crippen molar-refractivity contribution in [3.63, 3.8) is 0 Å². The molecule has 1 amide bonds. The van der Waals surface area contributed by atoms with Crippen molar-refractivity contribution in [2.45, 2.75) is 0 Å². The standard InChI is InChI=1S/C11H8ClN3O4/c12-5-2-1-3-6(8(5)10(17)18)14-9(16)7-4-13-11(19)15-7/h1-4H,(H,14,16)(H,17,18)(H2,13,15,19). The molecule has 0 bridgehead atoms. The van der Waals surface area contributed by atoms with E-state index < -0.39 is 17.6 Å². The van der Waals surface area contributed by atoms with E-state index in [-0.39, 0.29) is 22.0 Å². The van der Waals surface area contributed by atoms with Gasteiger partial charge in [-0.25, -0.2) is 9.59 Å². The summed E-state index contributed by atoms with van der Waals surface area (Å²) in [6.45, 7) is 0. The molecule has 2 rings (SSSR count). The third kappa shape index (κ3) is 2.66. The molecule has 0 unspecified atom stereocenters. The number of carbonyl (C=O) groups excluding carboxylic acids is 1. The van der Waals surface area contributed by atoms with E-state index in [1.165, 1.54) is 24.4 Å². The lowest BCUT2D eigenvalue weighted by Crippen LogP contribution is -2.16. The van der Waals surface area contributed by atoms with Crippen molar-refractivity contribution in [1.29, 1.82) is 0 Å². The molecule has 1 aromatic heterocycles. The highest BCUT2D eigenvalue weighted by atomic mass is 35.5. The van der Waals surface area contributed by atoms with Gasteiger partial charge in [0.25, 0.3) is 5.91 Å². The summed E-state index contributed by atoms with van der Waals surface area (Å²) in [5.74, 6) is -1.91. The second-order valence-corrected chi connectivity index (χ2v) is 3.99. The smallest absolute Gasteiger partial charge is 0.339 e. The molecule has 98 valence electrons. The maximum absolute atomic E-state index is 11.8. The van der Waals surface area contributed by atoms with Crippen molar-refractivity contribution in [3.05, 3.63) is 51.2 Å². The molecule has 1 heterocycles. The van der Waals surface area contributed by atoms with Crippen molar-refractivity contribution < 1.29 is 14.7 Å². The number of amides is 1. The molecule has 4 N–H and O–H groups in total. The van der Waals surface area contributed by atoms with E-state index in [1.807, 2.05) is 0 Å². The van der Waals surface area contributed by atoms with Crippen LogP contribution in [0.25, 0.3) is 0 Å². The van der Waals surface area contributed by atoms with Gasteiger partial charge >= 0.3 is 11.7 Å². The number of aromatic amines is 2. The number of carboxylic acids is 1. The molecule has 7 nitrogen and oxygen atoms in total. The Labute approximate surface area is 111 Å². The Kier molecular flexibility index (Phi) is 3.39. The van der Waals surface area contributed by atoms with Crippen LogP contribution in [0.1, 0.15) is 20.8 Å². The zero-order chi connectivity index (χ0) is 14.0. The van der Waals surface area contributed by atoms with Crippen LogP contribution in [0.3, 0.4) is 0 Å². The van der Waals surface area contributed by atoms with E-state index in [4.69, 9.17) is 16.7 Å².